The number of carbonyl (C=O) groups is 1. The first-order valence-electron chi connectivity index (χ1n) is 7.77. The summed E-state index contributed by atoms with van der Waals surface area (Å²) in [6.07, 6.45) is 4.24. The zero-order valence-corrected chi connectivity index (χ0v) is 14.3. The van der Waals surface area contributed by atoms with E-state index < -0.39 is 0 Å². The minimum Gasteiger partial charge on any atom is -0.370 e. The van der Waals surface area contributed by atoms with Crippen LogP contribution in [0.25, 0.3) is 0 Å². The Morgan fingerprint density at radius 1 is 1.57 bits per heavy atom. The lowest BCUT2D eigenvalue weighted by Gasteiger charge is -2.34. The van der Waals surface area contributed by atoms with Crippen LogP contribution < -0.4 is 5.32 Å². The molecule has 1 aliphatic rings. The van der Waals surface area contributed by atoms with Crippen LogP contribution in [0.2, 0.25) is 0 Å². The van der Waals surface area contributed by atoms with Gasteiger partial charge in [0.15, 0.2) is 5.96 Å². The first-order chi connectivity index (χ1) is 11.0. The van der Waals surface area contributed by atoms with Crippen LogP contribution in [0.15, 0.2) is 17.4 Å². The van der Waals surface area contributed by atoms with Crippen molar-refractivity contribution in [2.45, 2.75) is 12.5 Å². The summed E-state index contributed by atoms with van der Waals surface area (Å²) in [5, 5.41) is 7.45. The fraction of sp³-hybridized carbons (Fsp3) is 0.667. The molecule has 1 unspecified atom stereocenters. The van der Waals surface area contributed by atoms with Gasteiger partial charge in [-0.05, 0) is 0 Å². The molecule has 1 atom stereocenters. The van der Waals surface area contributed by atoms with Crippen molar-refractivity contribution in [3.63, 3.8) is 0 Å². The number of carbonyl (C=O) groups excluding carboxylic acids is 1. The van der Waals surface area contributed by atoms with Crippen molar-refractivity contribution in [3.8, 4) is 0 Å². The topological polar surface area (TPSA) is 75.0 Å². The van der Waals surface area contributed by atoms with Gasteiger partial charge in [-0.25, -0.2) is 0 Å². The molecule has 1 saturated heterocycles. The Balaban J connectivity index is 1.89. The zero-order valence-electron chi connectivity index (χ0n) is 14.3. The van der Waals surface area contributed by atoms with Crippen LogP contribution >= 0.6 is 0 Å². The molecule has 8 heteroatoms. The monoisotopic (exact) mass is 322 g/mol. The number of rotatable bonds is 4. The number of aliphatic imine (C=N–C) groups is 1. The van der Waals surface area contributed by atoms with Crippen molar-refractivity contribution >= 4 is 11.9 Å². The molecule has 23 heavy (non-hydrogen) atoms. The van der Waals surface area contributed by atoms with Gasteiger partial charge in [0.2, 0.25) is 5.91 Å². The van der Waals surface area contributed by atoms with Crippen molar-refractivity contribution < 1.29 is 9.53 Å². The minimum absolute atomic E-state index is 0.0144. The summed E-state index contributed by atoms with van der Waals surface area (Å²) in [5.74, 6) is 0.900. The number of nitrogens with zero attached hydrogens (tertiary/aromatic N) is 5. The van der Waals surface area contributed by atoms with E-state index in [-0.39, 0.29) is 12.0 Å². The summed E-state index contributed by atoms with van der Waals surface area (Å²) < 4.78 is 7.61. The molecule has 0 bridgehead atoms. The molecular weight excluding hydrogens is 296 g/mol. The standard InChI is InChI=1S/C15H26N6O2/c1-16-15(17-6-5-14(22)19(2)3)21-7-8-23-13(11-21)12-9-18-20(4)10-12/h9-10,13H,5-8,11H2,1-4H3,(H,16,17). The van der Waals surface area contributed by atoms with E-state index in [0.717, 1.165) is 18.1 Å². The van der Waals surface area contributed by atoms with Crippen LogP contribution in [-0.2, 0) is 16.6 Å². The number of guanidine groups is 1. The normalized spacial score (nSPS) is 18.9. The van der Waals surface area contributed by atoms with Crippen molar-refractivity contribution in [2.75, 3.05) is 47.4 Å². The highest BCUT2D eigenvalue weighted by molar-refractivity contribution is 5.81. The summed E-state index contributed by atoms with van der Waals surface area (Å²) >= 11 is 0. The minimum atomic E-state index is -0.0144. The number of aromatic nitrogens is 2. The predicted molar refractivity (Wildman–Crippen MR) is 88.1 cm³/mol. The smallest absolute Gasteiger partial charge is 0.223 e. The van der Waals surface area contributed by atoms with Gasteiger partial charge in [-0.15, -0.1) is 0 Å². The Bertz CT molecular complexity index is 554. The zero-order chi connectivity index (χ0) is 16.8. The lowest BCUT2D eigenvalue weighted by molar-refractivity contribution is -0.128. The average molecular weight is 322 g/mol. The molecule has 1 aromatic rings. The Hall–Kier alpha value is -2.09. The van der Waals surface area contributed by atoms with Gasteiger partial charge in [0, 0.05) is 59.5 Å². The molecule has 0 spiro atoms. The van der Waals surface area contributed by atoms with E-state index >= 15 is 0 Å². The molecular formula is C15H26N6O2. The number of nitrogens with one attached hydrogen (secondary N) is 1. The van der Waals surface area contributed by atoms with E-state index in [1.807, 2.05) is 19.4 Å². The number of hydrogen-bond acceptors (Lipinski definition) is 4. The summed E-state index contributed by atoms with van der Waals surface area (Å²) in [7, 11) is 7.17. The molecule has 0 saturated carbocycles. The number of aryl methyl sites for hydroxylation is 1. The van der Waals surface area contributed by atoms with Gasteiger partial charge in [0.25, 0.3) is 0 Å². The molecule has 0 aliphatic carbocycles. The Morgan fingerprint density at radius 3 is 2.96 bits per heavy atom. The SMILES string of the molecule is CN=C(NCCC(=O)N(C)C)N1CCOC(c2cnn(C)c2)C1. The molecule has 8 nitrogen and oxygen atoms in total. The number of hydrogen-bond donors (Lipinski definition) is 1. The summed E-state index contributed by atoms with van der Waals surface area (Å²) in [6.45, 7) is 2.69. The molecule has 0 aromatic carbocycles. The van der Waals surface area contributed by atoms with Gasteiger partial charge in [-0.1, -0.05) is 0 Å². The van der Waals surface area contributed by atoms with Crippen LogP contribution in [0.4, 0.5) is 0 Å². The van der Waals surface area contributed by atoms with Crippen molar-refractivity contribution in [2.24, 2.45) is 12.0 Å². The van der Waals surface area contributed by atoms with Gasteiger partial charge in [0.05, 0.1) is 19.3 Å². The predicted octanol–water partition coefficient (Wildman–Crippen LogP) is -0.153. The highest BCUT2D eigenvalue weighted by Gasteiger charge is 2.25. The molecule has 0 radical (unpaired) electrons. The van der Waals surface area contributed by atoms with Gasteiger partial charge in [-0.3, -0.25) is 14.5 Å². The Morgan fingerprint density at radius 2 is 2.35 bits per heavy atom. The molecule has 1 aliphatic heterocycles. The number of ether oxygens (including phenoxy) is 1. The second-order valence-corrected chi connectivity index (χ2v) is 5.76. The molecule has 2 rings (SSSR count). The van der Waals surface area contributed by atoms with Crippen LogP contribution in [0.5, 0.6) is 0 Å². The fourth-order valence-corrected chi connectivity index (χ4v) is 2.49. The van der Waals surface area contributed by atoms with E-state index in [0.29, 0.717) is 26.1 Å². The second kappa shape index (κ2) is 7.96. The first kappa shape index (κ1) is 17.3. The third kappa shape index (κ3) is 4.69. The highest BCUT2D eigenvalue weighted by atomic mass is 16.5. The molecule has 1 aromatic heterocycles. The van der Waals surface area contributed by atoms with E-state index in [9.17, 15) is 4.79 Å². The van der Waals surface area contributed by atoms with Crippen LogP contribution in [0.1, 0.15) is 18.1 Å². The van der Waals surface area contributed by atoms with Crippen molar-refractivity contribution in [3.05, 3.63) is 18.0 Å². The number of amides is 1. The lowest BCUT2D eigenvalue weighted by Crippen LogP contribution is -2.48. The molecule has 1 N–H and O–H groups in total. The van der Waals surface area contributed by atoms with Crippen LogP contribution in [0, 0.1) is 0 Å². The van der Waals surface area contributed by atoms with E-state index in [1.54, 1.807) is 30.7 Å². The summed E-state index contributed by atoms with van der Waals surface area (Å²) in [5.41, 5.74) is 1.07. The Kier molecular flexibility index (Phi) is 5.97. The largest absolute Gasteiger partial charge is 0.370 e. The first-order valence-corrected chi connectivity index (χ1v) is 7.77. The average Bonchev–Trinajstić information content (AvgIpc) is 2.98. The highest BCUT2D eigenvalue weighted by Crippen LogP contribution is 2.21. The maximum absolute atomic E-state index is 11.6. The molecule has 1 amide bonds. The number of morpholine rings is 1. The van der Waals surface area contributed by atoms with E-state index in [1.165, 1.54) is 0 Å². The lowest BCUT2D eigenvalue weighted by atomic mass is 10.1. The maximum Gasteiger partial charge on any atom is 0.223 e. The quantitative estimate of drug-likeness (QED) is 0.616. The molecule has 128 valence electrons. The summed E-state index contributed by atoms with van der Waals surface area (Å²) in [4.78, 5) is 19.7. The van der Waals surface area contributed by atoms with Crippen LogP contribution in [0.3, 0.4) is 0 Å². The van der Waals surface area contributed by atoms with Gasteiger partial charge >= 0.3 is 0 Å². The van der Waals surface area contributed by atoms with Crippen molar-refractivity contribution in [1.29, 1.82) is 0 Å². The van der Waals surface area contributed by atoms with E-state index in [4.69, 9.17) is 4.74 Å². The molecule has 2 heterocycles. The van der Waals surface area contributed by atoms with Crippen molar-refractivity contribution in [1.82, 2.24) is 24.9 Å². The van der Waals surface area contributed by atoms with E-state index in [2.05, 4.69) is 20.3 Å². The molecule has 1 fully saturated rings. The fourth-order valence-electron chi connectivity index (χ4n) is 2.49. The van der Waals surface area contributed by atoms with Crippen LogP contribution in [-0.4, -0.2) is 78.8 Å². The maximum atomic E-state index is 11.6. The van der Waals surface area contributed by atoms with Gasteiger partial charge in [0.1, 0.15) is 6.10 Å². The Labute approximate surface area is 137 Å². The van der Waals surface area contributed by atoms with Gasteiger partial charge in [-0.2, -0.15) is 5.10 Å². The third-order valence-electron chi connectivity index (χ3n) is 3.80. The van der Waals surface area contributed by atoms with Gasteiger partial charge < -0.3 is 19.9 Å². The summed E-state index contributed by atoms with van der Waals surface area (Å²) in [6, 6.07) is 0. The third-order valence-corrected chi connectivity index (χ3v) is 3.80. The second-order valence-electron chi connectivity index (χ2n) is 5.76.